The number of hydrogen-bond acceptors (Lipinski definition) is 4. The van der Waals surface area contributed by atoms with Crippen LogP contribution in [0.25, 0.3) is 28.3 Å². The third kappa shape index (κ3) is 3.26. The lowest BCUT2D eigenvalue weighted by Gasteiger charge is -2.08. The zero-order valence-electron chi connectivity index (χ0n) is 16.8. The van der Waals surface area contributed by atoms with E-state index in [1.165, 1.54) is 21.3 Å². The van der Waals surface area contributed by atoms with Crippen LogP contribution in [0, 0.1) is 5.82 Å². The number of rotatable bonds is 5. The molecule has 0 aliphatic rings. The highest BCUT2D eigenvalue weighted by Crippen LogP contribution is 2.24. The van der Waals surface area contributed by atoms with Gasteiger partial charge in [-0.3, -0.25) is 18.3 Å². The zero-order chi connectivity index (χ0) is 21.5. The Morgan fingerprint density at radius 1 is 1.03 bits per heavy atom. The molecular weight excluding hydrogens is 399 g/mol. The van der Waals surface area contributed by atoms with Crippen LogP contribution in [0.1, 0.15) is 12.0 Å². The summed E-state index contributed by atoms with van der Waals surface area (Å²) >= 11 is 0. The fraction of sp³-hybridized carbons (Fsp3) is 0.174. The van der Waals surface area contributed by atoms with E-state index in [0.29, 0.717) is 24.3 Å². The molecule has 0 aliphatic carbocycles. The second kappa shape index (κ2) is 7.39. The van der Waals surface area contributed by atoms with Crippen LogP contribution in [-0.2, 0) is 20.0 Å². The second-order valence-corrected chi connectivity index (χ2v) is 7.43. The summed E-state index contributed by atoms with van der Waals surface area (Å²) < 4.78 is 23.1. The minimum Gasteiger partial charge on any atom is -0.423 e. The largest absolute Gasteiger partial charge is 0.423 e. The molecule has 0 atom stereocenters. The maximum atomic E-state index is 13.2. The molecular formula is C23H19FN4O3. The first-order chi connectivity index (χ1) is 15.0. The van der Waals surface area contributed by atoms with E-state index in [1.807, 2.05) is 30.3 Å². The van der Waals surface area contributed by atoms with Gasteiger partial charge in [-0.05, 0) is 42.7 Å². The number of aryl methyl sites for hydroxylation is 2. The van der Waals surface area contributed by atoms with Gasteiger partial charge in [0.2, 0.25) is 0 Å². The van der Waals surface area contributed by atoms with Gasteiger partial charge in [0.15, 0.2) is 16.9 Å². The Morgan fingerprint density at radius 3 is 2.52 bits per heavy atom. The predicted octanol–water partition coefficient (Wildman–Crippen LogP) is 3.38. The van der Waals surface area contributed by atoms with Crippen LogP contribution in [0.2, 0.25) is 0 Å². The van der Waals surface area contributed by atoms with Gasteiger partial charge in [-0.1, -0.05) is 30.3 Å². The number of hydrogen-bond donors (Lipinski definition) is 0. The van der Waals surface area contributed by atoms with E-state index in [9.17, 15) is 14.0 Å². The molecule has 3 heterocycles. The predicted molar refractivity (Wildman–Crippen MR) is 115 cm³/mol. The SMILES string of the molecule is Cn1c(=O)n(CCCc2ccccc2)c(=O)c2c1nc1oc(-c3ccc(F)cc3)cn12. The van der Waals surface area contributed by atoms with E-state index in [-0.39, 0.29) is 22.8 Å². The smallest absolute Gasteiger partial charge is 0.332 e. The van der Waals surface area contributed by atoms with Gasteiger partial charge in [0, 0.05) is 19.2 Å². The molecule has 0 aliphatic heterocycles. The van der Waals surface area contributed by atoms with Gasteiger partial charge in [0.1, 0.15) is 5.82 Å². The van der Waals surface area contributed by atoms with E-state index in [1.54, 1.807) is 29.8 Å². The molecule has 2 aromatic carbocycles. The first-order valence-corrected chi connectivity index (χ1v) is 9.94. The summed E-state index contributed by atoms with van der Waals surface area (Å²) in [5.41, 5.74) is 1.52. The van der Waals surface area contributed by atoms with Gasteiger partial charge in [-0.15, -0.1) is 0 Å². The molecule has 0 amide bonds. The van der Waals surface area contributed by atoms with Crippen molar-refractivity contribution in [3.05, 3.63) is 93.0 Å². The Labute approximate surface area is 175 Å². The van der Waals surface area contributed by atoms with Crippen molar-refractivity contribution in [2.24, 2.45) is 7.05 Å². The minimum absolute atomic E-state index is 0.198. The molecule has 156 valence electrons. The molecule has 7 nitrogen and oxygen atoms in total. The Kier molecular flexibility index (Phi) is 4.54. The lowest BCUT2D eigenvalue weighted by Crippen LogP contribution is -2.39. The molecule has 8 heteroatoms. The van der Waals surface area contributed by atoms with Crippen molar-refractivity contribution in [2.45, 2.75) is 19.4 Å². The van der Waals surface area contributed by atoms with Gasteiger partial charge in [-0.25, -0.2) is 9.18 Å². The highest BCUT2D eigenvalue weighted by Gasteiger charge is 2.20. The number of halogens is 1. The van der Waals surface area contributed by atoms with Gasteiger partial charge in [0.05, 0.1) is 6.20 Å². The van der Waals surface area contributed by atoms with Crippen molar-refractivity contribution >= 4 is 17.0 Å². The van der Waals surface area contributed by atoms with Crippen molar-refractivity contribution in [1.29, 1.82) is 0 Å². The maximum absolute atomic E-state index is 13.2. The van der Waals surface area contributed by atoms with Crippen LogP contribution < -0.4 is 11.2 Å². The van der Waals surface area contributed by atoms with Crippen molar-refractivity contribution in [2.75, 3.05) is 0 Å². The number of oxazole rings is 1. The van der Waals surface area contributed by atoms with Crippen molar-refractivity contribution in [3.8, 4) is 11.3 Å². The molecule has 0 spiro atoms. The fourth-order valence-corrected chi connectivity index (χ4v) is 3.78. The van der Waals surface area contributed by atoms with Crippen molar-refractivity contribution in [3.63, 3.8) is 0 Å². The van der Waals surface area contributed by atoms with Crippen LogP contribution in [0.4, 0.5) is 4.39 Å². The molecule has 31 heavy (non-hydrogen) atoms. The molecule has 0 N–H and O–H groups in total. The average molecular weight is 418 g/mol. The molecule has 3 aromatic heterocycles. The van der Waals surface area contributed by atoms with Gasteiger partial charge in [0.25, 0.3) is 5.56 Å². The summed E-state index contributed by atoms with van der Waals surface area (Å²) in [7, 11) is 1.59. The monoisotopic (exact) mass is 418 g/mol. The van der Waals surface area contributed by atoms with Gasteiger partial charge < -0.3 is 4.42 Å². The van der Waals surface area contributed by atoms with E-state index >= 15 is 0 Å². The Bertz CT molecular complexity index is 1510. The molecule has 0 unspecified atom stereocenters. The molecule has 0 bridgehead atoms. The summed E-state index contributed by atoms with van der Waals surface area (Å²) in [5.74, 6) is 0.302. The summed E-state index contributed by atoms with van der Waals surface area (Å²) in [6, 6.07) is 15.8. The van der Waals surface area contributed by atoms with Gasteiger partial charge in [-0.2, -0.15) is 4.98 Å². The third-order valence-corrected chi connectivity index (χ3v) is 5.41. The van der Waals surface area contributed by atoms with Crippen LogP contribution >= 0.6 is 0 Å². The van der Waals surface area contributed by atoms with E-state index in [0.717, 1.165) is 12.0 Å². The first kappa shape index (κ1) is 19.0. The van der Waals surface area contributed by atoms with Crippen LogP contribution in [-0.4, -0.2) is 18.5 Å². The highest BCUT2D eigenvalue weighted by atomic mass is 19.1. The fourth-order valence-electron chi connectivity index (χ4n) is 3.78. The van der Waals surface area contributed by atoms with E-state index in [4.69, 9.17) is 4.42 Å². The Morgan fingerprint density at radius 2 is 1.77 bits per heavy atom. The lowest BCUT2D eigenvalue weighted by atomic mass is 10.1. The summed E-state index contributed by atoms with van der Waals surface area (Å²) in [6.07, 6.45) is 3.05. The Balaban J connectivity index is 1.56. The quantitative estimate of drug-likeness (QED) is 0.439. The minimum atomic E-state index is -0.412. The number of nitrogens with zero attached hydrogens (tertiary/aromatic N) is 4. The normalized spacial score (nSPS) is 11.5. The zero-order valence-corrected chi connectivity index (χ0v) is 16.8. The second-order valence-electron chi connectivity index (χ2n) is 7.43. The lowest BCUT2D eigenvalue weighted by molar-refractivity contribution is 0.572. The van der Waals surface area contributed by atoms with Crippen molar-refractivity contribution < 1.29 is 8.81 Å². The van der Waals surface area contributed by atoms with Crippen LogP contribution in [0.3, 0.4) is 0 Å². The van der Waals surface area contributed by atoms with Crippen LogP contribution in [0.15, 0.2) is 74.8 Å². The summed E-state index contributed by atoms with van der Waals surface area (Å²) in [4.78, 5) is 30.3. The standard InChI is InChI=1S/C23H19FN4O3/c1-26-20-19(21(29)27(23(26)30)13-5-8-15-6-3-2-4-7-15)28-14-18(31-22(28)25-20)16-9-11-17(24)12-10-16/h2-4,6-7,9-12,14H,5,8,13H2,1H3. The molecule has 5 aromatic rings. The average Bonchev–Trinajstić information content (AvgIpc) is 3.34. The maximum Gasteiger partial charge on any atom is 0.332 e. The Hall–Kier alpha value is -3.94. The third-order valence-electron chi connectivity index (χ3n) is 5.41. The number of imidazole rings is 1. The number of aromatic nitrogens is 4. The van der Waals surface area contributed by atoms with E-state index in [2.05, 4.69) is 4.98 Å². The first-order valence-electron chi connectivity index (χ1n) is 9.94. The molecule has 5 rings (SSSR count). The summed E-state index contributed by atoms with van der Waals surface area (Å²) in [5, 5.41) is 0. The summed E-state index contributed by atoms with van der Waals surface area (Å²) in [6.45, 7) is 0.298. The molecule has 0 fully saturated rings. The molecule has 0 saturated carbocycles. The number of fused-ring (bicyclic) bond motifs is 3. The molecule has 0 radical (unpaired) electrons. The van der Waals surface area contributed by atoms with E-state index < -0.39 is 11.2 Å². The van der Waals surface area contributed by atoms with Crippen LogP contribution in [0.5, 0.6) is 0 Å². The number of benzene rings is 2. The van der Waals surface area contributed by atoms with Crippen molar-refractivity contribution in [1.82, 2.24) is 18.5 Å². The molecule has 0 saturated heterocycles. The topological polar surface area (TPSA) is 74.4 Å². The van der Waals surface area contributed by atoms with Gasteiger partial charge >= 0.3 is 11.5 Å². The highest BCUT2D eigenvalue weighted by molar-refractivity contribution is 5.76.